The Balaban J connectivity index is 1.72. The first kappa shape index (κ1) is 23.6. The standard InChI is InChI=1S/C26H21N5O3S/c1-18-7-5-6-10-24(18)25-20(17-31(30-25)22-8-3-2-4-9-22)15-19(16-27)26(32)29-21-11-13-23(14-12-21)35(28,33)34/h2-15,17H,1H3,(H,29,32)(H2,28,33,34)/b19-15+. The number of nitrogens with one attached hydrogen (secondary N) is 1. The average molecular weight is 484 g/mol. The van der Waals surface area contributed by atoms with E-state index < -0.39 is 15.9 Å². The molecule has 0 aliphatic rings. The SMILES string of the molecule is Cc1ccccc1-c1nn(-c2ccccc2)cc1/C=C(\C#N)C(=O)Nc1ccc(S(N)(=O)=O)cc1. The average Bonchev–Trinajstić information content (AvgIpc) is 3.26. The molecule has 35 heavy (non-hydrogen) atoms. The molecule has 0 atom stereocenters. The van der Waals surface area contributed by atoms with Crippen LogP contribution in [0.5, 0.6) is 0 Å². The molecule has 0 radical (unpaired) electrons. The summed E-state index contributed by atoms with van der Waals surface area (Å²) in [5.74, 6) is -0.640. The highest BCUT2D eigenvalue weighted by molar-refractivity contribution is 7.89. The Bertz CT molecular complexity index is 1570. The lowest BCUT2D eigenvalue weighted by atomic mass is 10.0. The Morgan fingerprint density at radius 3 is 2.31 bits per heavy atom. The quantitative estimate of drug-likeness (QED) is 0.316. The van der Waals surface area contributed by atoms with E-state index in [4.69, 9.17) is 10.2 Å². The van der Waals surface area contributed by atoms with Gasteiger partial charge in [0, 0.05) is 23.0 Å². The molecule has 8 nitrogen and oxygen atoms in total. The molecule has 174 valence electrons. The normalized spacial score (nSPS) is 11.6. The number of primary sulfonamides is 1. The second-order valence-electron chi connectivity index (χ2n) is 7.72. The molecular formula is C26H21N5O3S. The summed E-state index contributed by atoms with van der Waals surface area (Å²) in [5, 5.41) is 22.2. The summed E-state index contributed by atoms with van der Waals surface area (Å²) in [4.78, 5) is 12.8. The predicted octanol–water partition coefficient (Wildman–Crippen LogP) is 4.04. The number of nitrogens with two attached hydrogens (primary N) is 1. The number of nitriles is 1. The van der Waals surface area contributed by atoms with Crippen LogP contribution in [0.15, 0.2) is 95.5 Å². The summed E-state index contributed by atoms with van der Waals surface area (Å²) in [5.41, 5.74) is 4.12. The van der Waals surface area contributed by atoms with Crippen LogP contribution in [0.4, 0.5) is 5.69 Å². The van der Waals surface area contributed by atoms with E-state index in [9.17, 15) is 18.5 Å². The topological polar surface area (TPSA) is 131 Å². The fraction of sp³-hybridized carbons (Fsp3) is 0.0385. The third-order valence-electron chi connectivity index (χ3n) is 5.27. The van der Waals surface area contributed by atoms with Crippen LogP contribution in [0.2, 0.25) is 0 Å². The van der Waals surface area contributed by atoms with E-state index in [1.54, 1.807) is 10.9 Å². The van der Waals surface area contributed by atoms with E-state index in [0.717, 1.165) is 16.8 Å². The maximum absolute atomic E-state index is 12.8. The number of para-hydroxylation sites is 1. The van der Waals surface area contributed by atoms with Crippen molar-refractivity contribution in [2.75, 3.05) is 5.32 Å². The van der Waals surface area contributed by atoms with Crippen LogP contribution >= 0.6 is 0 Å². The smallest absolute Gasteiger partial charge is 0.266 e. The van der Waals surface area contributed by atoms with Gasteiger partial charge in [-0.25, -0.2) is 18.2 Å². The lowest BCUT2D eigenvalue weighted by Gasteiger charge is -2.06. The van der Waals surface area contributed by atoms with Crippen LogP contribution in [-0.2, 0) is 14.8 Å². The van der Waals surface area contributed by atoms with Crippen LogP contribution in [-0.4, -0.2) is 24.1 Å². The number of hydrogen-bond donors (Lipinski definition) is 2. The predicted molar refractivity (Wildman–Crippen MR) is 134 cm³/mol. The van der Waals surface area contributed by atoms with Crippen molar-refractivity contribution < 1.29 is 13.2 Å². The molecule has 1 aromatic heterocycles. The van der Waals surface area contributed by atoms with Gasteiger partial charge in [0.15, 0.2) is 0 Å². The summed E-state index contributed by atoms with van der Waals surface area (Å²) < 4.78 is 24.6. The fourth-order valence-corrected chi connectivity index (χ4v) is 4.00. The van der Waals surface area contributed by atoms with Crippen molar-refractivity contribution in [1.29, 1.82) is 5.26 Å². The molecule has 0 spiro atoms. The van der Waals surface area contributed by atoms with Crippen molar-refractivity contribution in [3.63, 3.8) is 0 Å². The summed E-state index contributed by atoms with van der Waals surface area (Å²) in [6.07, 6.45) is 3.25. The molecule has 0 bridgehead atoms. The van der Waals surface area contributed by atoms with Gasteiger partial charge in [-0.15, -0.1) is 0 Å². The van der Waals surface area contributed by atoms with Crippen LogP contribution in [0.3, 0.4) is 0 Å². The number of rotatable bonds is 6. The zero-order valence-corrected chi connectivity index (χ0v) is 19.5. The number of carbonyl (C=O) groups is 1. The molecular weight excluding hydrogens is 462 g/mol. The van der Waals surface area contributed by atoms with E-state index >= 15 is 0 Å². The molecule has 0 unspecified atom stereocenters. The first-order valence-electron chi connectivity index (χ1n) is 10.5. The van der Waals surface area contributed by atoms with Crippen LogP contribution in [0.1, 0.15) is 11.1 Å². The number of amides is 1. The number of carbonyl (C=O) groups excluding carboxylic acids is 1. The molecule has 0 aliphatic carbocycles. The minimum Gasteiger partial charge on any atom is -0.321 e. The number of benzene rings is 3. The van der Waals surface area contributed by atoms with Crippen LogP contribution in [0.25, 0.3) is 23.0 Å². The maximum Gasteiger partial charge on any atom is 0.266 e. The zero-order chi connectivity index (χ0) is 25.0. The third-order valence-corrected chi connectivity index (χ3v) is 6.20. The van der Waals surface area contributed by atoms with E-state index in [1.807, 2.05) is 67.6 Å². The van der Waals surface area contributed by atoms with E-state index in [0.29, 0.717) is 16.9 Å². The molecule has 4 rings (SSSR count). The summed E-state index contributed by atoms with van der Waals surface area (Å²) in [6.45, 7) is 1.97. The lowest BCUT2D eigenvalue weighted by molar-refractivity contribution is -0.112. The molecule has 0 saturated heterocycles. The Hall–Kier alpha value is -4.52. The molecule has 1 heterocycles. The second-order valence-corrected chi connectivity index (χ2v) is 9.28. The molecule has 3 N–H and O–H groups in total. The van der Waals surface area contributed by atoms with Gasteiger partial charge in [0.25, 0.3) is 5.91 Å². The third kappa shape index (κ3) is 5.35. The molecule has 0 fully saturated rings. The Morgan fingerprint density at radius 2 is 1.69 bits per heavy atom. The minimum absolute atomic E-state index is 0.0808. The summed E-state index contributed by atoms with van der Waals surface area (Å²) in [7, 11) is -3.85. The molecule has 4 aromatic rings. The van der Waals surface area contributed by atoms with Crippen molar-refractivity contribution in [3.8, 4) is 23.0 Å². The molecule has 0 saturated carbocycles. The van der Waals surface area contributed by atoms with Crippen molar-refractivity contribution >= 4 is 27.7 Å². The van der Waals surface area contributed by atoms with Gasteiger partial charge in [-0.1, -0.05) is 42.5 Å². The number of hydrogen-bond acceptors (Lipinski definition) is 5. The molecule has 1 amide bonds. The first-order chi connectivity index (χ1) is 16.8. The number of aryl methyl sites for hydroxylation is 1. The largest absolute Gasteiger partial charge is 0.321 e. The highest BCUT2D eigenvalue weighted by Crippen LogP contribution is 2.28. The summed E-state index contributed by atoms with van der Waals surface area (Å²) in [6, 6.07) is 24.6. The van der Waals surface area contributed by atoms with Gasteiger partial charge >= 0.3 is 0 Å². The molecule has 3 aromatic carbocycles. The second kappa shape index (κ2) is 9.77. The Morgan fingerprint density at radius 1 is 1.03 bits per heavy atom. The summed E-state index contributed by atoms with van der Waals surface area (Å²) >= 11 is 0. The number of nitrogens with zero attached hydrogens (tertiary/aromatic N) is 3. The van der Waals surface area contributed by atoms with Crippen molar-refractivity contribution in [3.05, 3.63) is 102 Å². The number of aromatic nitrogens is 2. The van der Waals surface area contributed by atoms with E-state index in [-0.39, 0.29) is 10.5 Å². The minimum atomic E-state index is -3.85. The van der Waals surface area contributed by atoms with Crippen molar-refractivity contribution in [1.82, 2.24) is 9.78 Å². The van der Waals surface area contributed by atoms with Gasteiger partial charge in [0.05, 0.1) is 10.6 Å². The van der Waals surface area contributed by atoms with Crippen molar-refractivity contribution in [2.24, 2.45) is 5.14 Å². The van der Waals surface area contributed by atoms with Gasteiger partial charge in [-0.2, -0.15) is 10.4 Å². The van der Waals surface area contributed by atoms with Gasteiger partial charge in [-0.3, -0.25) is 4.79 Å². The highest BCUT2D eigenvalue weighted by Gasteiger charge is 2.17. The van der Waals surface area contributed by atoms with Gasteiger partial charge in [-0.05, 0) is 55.0 Å². The Kier molecular flexibility index (Phi) is 6.59. The Labute approximate surface area is 203 Å². The monoisotopic (exact) mass is 483 g/mol. The zero-order valence-electron chi connectivity index (χ0n) is 18.7. The van der Waals surface area contributed by atoms with E-state index in [2.05, 4.69) is 5.32 Å². The molecule has 9 heteroatoms. The maximum atomic E-state index is 12.8. The van der Waals surface area contributed by atoms with Gasteiger partial charge in [0.1, 0.15) is 17.3 Å². The van der Waals surface area contributed by atoms with Gasteiger partial charge < -0.3 is 5.32 Å². The first-order valence-corrected chi connectivity index (χ1v) is 12.1. The molecule has 0 aliphatic heterocycles. The fourth-order valence-electron chi connectivity index (χ4n) is 3.48. The van der Waals surface area contributed by atoms with E-state index in [1.165, 1.54) is 30.3 Å². The van der Waals surface area contributed by atoms with Crippen molar-refractivity contribution in [2.45, 2.75) is 11.8 Å². The van der Waals surface area contributed by atoms with Gasteiger partial charge in [0.2, 0.25) is 10.0 Å². The number of anilines is 1. The highest BCUT2D eigenvalue weighted by atomic mass is 32.2. The number of sulfonamides is 1. The van der Waals surface area contributed by atoms with Crippen LogP contribution < -0.4 is 10.5 Å². The lowest BCUT2D eigenvalue weighted by Crippen LogP contribution is -2.14. The van der Waals surface area contributed by atoms with Crippen LogP contribution in [0, 0.1) is 18.3 Å².